The summed E-state index contributed by atoms with van der Waals surface area (Å²) in [6.45, 7) is 2.40. The van der Waals surface area contributed by atoms with E-state index in [2.05, 4.69) is 9.97 Å². The zero-order valence-electron chi connectivity index (χ0n) is 17.7. The fraction of sp³-hybridized carbons (Fsp3) is 0.318. The van der Waals surface area contributed by atoms with Gasteiger partial charge in [-0.2, -0.15) is 4.31 Å². The van der Waals surface area contributed by atoms with E-state index in [-0.39, 0.29) is 4.90 Å². The molecule has 1 aliphatic heterocycles. The molecule has 0 radical (unpaired) electrons. The van der Waals surface area contributed by atoms with E-state index in [0.29, 0.717) is 29.6 Å². The molecule has 0 saturated carbocycles. The highest BCUT2D eigenvalue weighted by Crippen LogP contribution is 2.40. The van der Waals surface area contributed by atoms with Crippen LogP contribution in [0.1, 0.15) is 30.1 Å². The standard InChI is InChI=1S/C22H24ClN5O2S/c1-15-13-24-10-9-18(15)19-14-25-22(27(2)3)26-21(19)20-8-5-11-28(20)31(29,30)17-7-4-6-16(23)12-17/h4,6-7,9-10,12-14,20H,5,8,11H2,1-3H3. The molecule has 0 spiro atoms. The van der Waals surface area contributed by atoms with Gasteiger partial charge in [-0.3, -0.25) is 4.98 Å². The minimum absolute atomic E-state index is 0.190. The van der Waals surface area contributed by atoms with Crippen LogP contribution in [0.5, 0.6) is 0 Å². The average molecular weight is 458 g/mol. The average Bonchev–Trinajstić information content (AvgIpc) is 3.24. The lowest BCUT2D eigenvalue weighted by Gasteiger charge is -2.26. The Kier molecular flexibility index (Phi) is 5.96. The highest BCUT2D eigenvalue weighted by molar-refractivity contribution is 7.89. The SMILES string of the molecule is Cc1cnccc1-c1cnc(N(C)C)nc1C1CCCN1S(=O)(=O)c1cccc(Cl)c1. The quantitative estimate of drug-likeness (QED) is 0.574. The zero-order valence-corrected chi connectivity index (χ0v) is 19.2. The lowest BCUT2D eigenvalue weighted by molar-refractivity contribution is 0.391. The van der Waals surface area contributed by atoms with Gasteiger partial charge in [0.1, 0.15) is 0 Å². The molecule has 3 aromatic rings. The second-order valence-electron chi connectivity index (χ2n) is 7.79. The molecular weight excluding hydrogens is 434 g/mol. The van der Waals surface area contributed by atoms with Gasteiger partial charge in [0.15, 0.2) is 0 Å². The van der Waals surface area contributed by atoms with Crippen molar-refractivity contribution in [3.8, 4) is 11.1 Å². The van der Waals surface area contributed by atoms with Crippen LogP contribution in [-0.4, -0.2) is 48.3 Å². The summed E-state index contributed by atoms with van der Waals surface area (Å²) >= 11 is 6.07. The third kappa shape index (κ3) is 4.15. The number of benzene rings is 1. The zero-order chi connectivity index (χ0) is 22.2. The molecule has 0 N–H and O–H groups in total. The predicted molar refractivity (Wildman–Crippen MR) is 122 cm³/mol. The van der Waals surface area contributed by atoms with Crippen molar-refractivity contribution < 1.29 is 8.42 Å². The molecule has 0 aliphatic carbocycles. The summed E-state index contributed by atoms with van der Waals surface area (Å²) in [6.07, 6.45) is 6.72. The van der Waals surface area contributed by atoms with E-state index in [4.69, 9.17) is 16.6 Å². The van der Waals surface area contributed by atoms with E-state index in [0.717, 1.165) is 23.1 Å². The summed E-state index contributed by atoms with van der Waals surface area (Å²) in [5.41, 5.74) is 3.45. The number of hydrogen-bond acceptors (Lipinski definition) is 6. The van der Waals surface area contributed by atoms with Crippen LogP contribution in [-0.2, 0) is 10.0 Å². The molecule has 162 valence electrons. The van der Waals surface area contributed by atoms with Crippen LogP contribution in [0.3, 0.4) is 0 Å². The maximum Gasteiger partial charge on any atom is 0.243 e. The molecule has 0 bridgehead atoms. The van der Waals surface area contributed by atoms with E-state index in [1.807, 2.05) is 32.0 Å². The Morgan fingerprint density at radius 2 is 1.97 bits per heavy atom. The molecule has 7 nitrogen and oxygen atoms in total. The topological polar surface area (TPSA) is 79.3 Å². The second kappa shape index (κ2) is 8.53. The van der Waals surface area contributed by atoms with E-state index in [1.165, 1.54) is 6.07 Å². The fourth-order valence-corrected chi connectivity index (χ4v) is 5.86. The molecule has 1 aromatic carbocycles. The van der Waals surface area contributed by atoms with Gasteiger partial charge in [0.05, 0.1) is 16.6 Å². The number of hydrogen-bond donors (Lipinski definition) is 0. The number of aromatic nitrogens is 3. The van der Waals surface area contributed by atoms with Crippen LogP contribution < -0.4 is 4.90 Å². The normalized spacial score (nSPS) is 17.1. The molecule has 3 heterocycles. The largest absolute Gasteiger partial charge is 0.347 e. The highest BCUT2D eigenvalue weighted by Gasteiger charge is 2.38. The lowest BCUT2D eigenvalue weighted by atomic mass is 9.98. The Balaban J connectivity index is 1.86. The van der Waals surface area contributed by atoms with Gasteiger partial charge in [-0.25, -0.2) is 18.4 Å². The minimum Gasteiger partial charge on any atom is -0.347 e. The fourth-order valence-electron chi connectivity index (χ4n) is 3.90. The first-order valence-electron chi connectivity index (χ1n) is 10.0. The van der Waals surface area contributed by atoms with Crippen LogP contribution in [0.4, 0.5) is 5.95 Å². The molecular formula is C22H24ClN5O2S. The van der Waals surface area contributed by atoms with Crippen molar-refractivity contribution in [1.29, 1.82) is 0 Å². The molecule has 1 saturated heterocycles. The smallest absolute Gasteiger partial charge is 0.243 e. The highest BCUT2D eigenvalue weighted by atomic mass is 35.5. The lowest BCUT2D eigenvalue weighted by Crippen LogP contribution is -2.31. The van der Waals surface area contributed by atoms with E-state index in [9.17, 15) is 8.42 Å². The number of nitrogens with zero attached hydrogens (tertiary/aromatic N) is 5. The van der Waals surface area contributed by atoms with E-state index >= 15 is 0 Å². The Bertz CT molecular complexity index is 1220. The molecule has 1 atom stereocenters. The summed E-state index contributed by atoms with van der Waals surface area (Å²) in [5.74, 6) is 0.539. The first-order valence-corrected chi connectivity index (χ1v) is 11.8. The van der Waals surface area contributed by atoms with Crippen molar-refractivity contribution >= 4 is 27.6 Å². The predicted octanol–water partition coefficient (Wildman–Crippen LogP) is 4.09. The van der Waals surface area contributed by atoms with Crippen molar-refractivity contribution in [2.24, 2.45) is 0 Å². The van der Waals surface area contributed by atoms with Gasteiger partial charge < -0.3 is 4.90 Å². The van der Waals surface area contributed by atoms with Gasteiger partial charge in [-0.15, -0.1) is 0 Å². The second-order valence-corrected chi connectivity index (χ2v) is 10.1. The number of halogens is 1. The Hall–Kier alpha value is -2.55. The monoisotopic (exact) mass is 457 g/mol. The van der Waals surface area contributed by atoms with Gasteiger partial charge in [0, 0.05) is 49.8 Å². The first-order chi connectivity index (χ1) is 14.8. The maximum atomic E-state index is 13.5. The Labute approximate surface area is 187 Å². The number of anilines is 1. The van der Waals surface area contributed by atoms with Crippen LogP contribution in [0, 0.1) is 6.92 Å². The van der Waals surface area contributed by atoms with Crippen LogP contribution in [0.25, 0.3) is 11.1 Å². The van der Waals surface area contributed by atoms with Gasteiger partial charge >= 0.3 is 0 Å². The molecule has 4 rings (SSSR count). The van der Waals surface area contributed by atoms with Crippen molar-refractivity contribution in [1.82, 2.24) is 19.3 Å². The molecule has 9 heteroatoms. The van der Waals surface area contributed by atoms with Crippen molar-refractivity contribution in [2.75, 3.05) is 25.5 Å². The summed E-state index contributed by atoms with van der Waals surface area (Å²) in [4.78, 5) is 15.5. The van der Waals surface area contributed by atoms with Gasteiger partial charge in [-0.1, -0.05) is 17.7 Å². The minimum atomic E-state index is -3.74. The Morgan fingerprint density at radius 3 is 2.68 bits per heavy atom. The third-order valence-electron chi connectivity index (χ3n) is 5.44. The van der Waals surface area contributed by atoms with Gasteiger partial charge in [0.25, 0.3) is 0 Å². The Morgan fingerprint density at radius 1 is 1.16 bits per heavy atom. The molecule has 2 aromatic heterocycles. The van der Waals surface area contributed by atoms with Crippen LogP contribution in [0.15, 0.2) is 53.8 Å². The van der Waals surface area contributed by atoms with E-state index in [1.54, 1.807) is 41.1 Å². The molecule has 1 fully saturated rings. The first kappa shape index (κ1) is 21.7. The molecule has 1 aliphatic rings. The van der Waals surface area contributed by atoms with Crippen LogP contribution in [0.2, 0.25) is 5.02 Å². The van der Waals surface area contributed by atoms with Crippen molar-refractivity contribution in [2.45, 2.75) is 30.7 Å². The number of sulfonamides is 1. The molecule has 1 unspecified atom stereocenters. The number of rotatable bonds is 5. The van der Waals surface area contributed by atoms with Crippen LogP contribution >= 0.6 is 11.6 Å². The number of pyridine rings is 1. The summed E-state index contributed by atoms with van der Waals surface area (Å²) in [5, 5.41) is 0.391. The summed E-state index contributed by atoms with van der Waals surface area (Å²) < 4.78 is 28.6. The molecule has 31 heavy (non-hydrogen) atoms. The third-order valence-corrected chi connectivity index (χ3v) is 7.58. The summed E-state index contributed by atoms with van der Waals surface area (Å²) in [6, 6.07) is 7.91. The van der Waals surface area contributed by atoms with Gasteiger partial charge in [0.2, 0.25) is 16.0 Å². The van der Waals surface area contributed by atoms with Crippen molar-refractivity contribution in [3.05, 3.63) is 65.2 Å². The van der Waals surface area contributed by atoms with E-state index < -0.39 is 16.1 Å². The maximum absolute atomic E-state index is 13.5. The number of aryl methyl sites for hydroxylation is 1. The summed E-state index contributed by atoms with van der Waals surface area (Å²) in [7, 11) is -0.00482. The molecule has 0 amide bonds. The van der Waals surface area contributed by atoms with Crippen molar-refractivity contribution in [3.63, 3.8) is 0 Å². The van der Waals surface area contributed by atoms with Gasteiger partial charge in [-0.05, 0) is 55.2 Å².